The Bertz CT molecular complexity index is 171. The summed E-state index contributed by atoms with van der Waals surface area (Å²) in [5, 5.41) is 9.28. The van der Waals surface area contributed by atoms with Crippen molar-refractivity contribution in [1.82, 2.24) is 0 Å². The van der Waals surface area contributed by atoms with E-state index in [1.54, 1.807) is 6.08 Å². The number of allylic oxidation sites excluding steroid dienone is 4. The molecule has 0 fully saturated rings. The Morgan fingerprint density at radius 3 is 2.60 bits per heavy atom. The molecule has 0 spiro atoms. The van der Waals surface area contributed by atoms with Gasteiger partial charge in [0.1, 0.15) is 7.85 Å². The van der Waals surface area contributed by atoms with E-state index in [0.717, 1.165) is 0 Å². The van der Waals surface area contributed by atoms with Gasteiger partial charge in [0, 0.05) is 5.92 Å². The zero-order valence-electron chi connectivity index (χ0n) is 6.76. The van der Waals surface area contributed by atoms with Gasteiger partial charge in [0.05, 0.1) is 5.76 Å². The van der Waals surface area contributed by atoms with Gasteiger partial charge in [-0.3, -0.25) is 0 Å². The molecule has 0 saturated carbocycles. The van der Waals surface area contributed by atoms with Gasteiger partial charge in [0.15, 0.2) is 0 Å². The average molecular weight is 136 g/mol. The van der Waals surface area contributed by atoms with Gasteiger partial charge in [-0.15, -0.1) is 0 Å². The second kappa shape index (κ2) is 2.53. The third-order valence-corrected chi connectivity index (χ3v) is 2.45. The lowest BCUT2D eigenvalue weighted by Gasteiger charge is -2.23. The van der Waals surface area contributed by atoms with Crippen LogP contribution in [0, 0.1) is 5.92 Å². The van der Waals surface area contributed by atoms with E-state index in [9.17, 15) is 5.11 Å². The Labute approximate surface area is 62.9 Å². The van der Waals surface area contributed by atoms with Gasteiger partial charge in [-0.2, -0.15) is 0 Å². The first kappa shape index (κ1) is 7.45. The van der Waals surface area contributed by atoms with E-state index in [1.165, 1.54) is 5.57 Å². The molecule has 54 valence electrons. The molecular weight excluding hydrogens is 123 g/mol. The van der Waals surface area contributed by atoms with Crippen LogP contribution in [0.25, 0.3) is 0 Å². The Balaban J connectivity index is 2.86. The second-order valence-corrected chi connectivity index (χ2v) is 3.08. The van der Waals surface area contributed by atoms with Crippen LogP contribution < -0.4 is 0 Å². The summed E-state index contributed by atoms with van der Waals surface area (Å²) in [5.41, 5.74) is 1.35. The van der Waals surface area contributed by atoms with Crippen LogP contribution in [0.4, 0.5) is 0 Å². The summed E-state index contributed by atoms with van der Waals surface area (Å²) in [4.78, 5) is 0. The minimum Gasteiger partial charge on any atom is -0.512 e. The molecule has 1 aliphatic carbocycles. The summed E-state index contributed by atoms with van der Waals surface area (Å²) >= 11 is 0. The van der Waals surface area contributed by atoms with Crippen LogP contribution in [0.3, 0.4) is 0 Å². The zero-order chi connectivity index (χ0) is 7.72. The summed E-state index contributed by atoms with van der Waals surface area (Å²) in [6, 6.07) is 0. The van der Waals surface area contributed by atoms with Crippen LogP contribution in [-0.4, -0.2) is 13.0 Å². The Morgan fingerprint density at radius 1 is 1.50 bits per heavy atom. The van der Waals surface area contributed by atoms with E-state index in [1.807, 2.05) is 13.0 Å². The Kier molecular flexibility index (Phi) is 1.88. The molecular formula is C8H13BO. The molecule has 10 heavy (non-hydrogen) atoms. The maximum atomic E-state index is 9.28. The fraction of sp³-hybridized carbons (Fsp3) is 0.500. The fourth-order valence-corrected chi connectivity index (χ4v) is 1.17. The molecule has 1 N–H and O–H groups in total. The monoisotopic (exact) mass is 136 g/mol. The lowest BCUT2D eigenvalue weighted by molar-refractivity contribution is 0.336. The lowest BCUT2D eigenvalue weighted by atomic mass is 9.70. The van der Waals surface area contributed by atoms with E-state index in [2.05, 4.69) is 14.8 Å². The molecule has 0 aliphatic heterocycles. The van der Waals surface area contributed by atoms with Crippen LogP contribution in [0.2, 0.25) is 5.82 Å². The molecule has 0 saturated heterocycles. The quantitative estimate of drug-likeness (QED) is 0.499. The molecule has 1 nitrogen and oxygen atoms in total. The Morgan fingerprint density at radius 2 is 2.10 bits per heavy atom. The molecule has 0 bridgehead atoms. The standard InChI is InChI=1S/C8H13BO/c1-5-3-4-7(10)6(2)8(5)9/h3-4,6,8,10H,9H2,1-2H3. The van der Waals surface area contributed by atoms with E-state index in [0.29, 0.717) is 17.5 Å². The van der Waals surface area contributed by atoms with Gasteiger partial charge in [-0.25, -0.2) is 0 Å². The first-order valence-electron chi connectivity index (χ1n) is 3.70. The highest BCUT2D eigenvalue weighted by Crippen LogP contribution is 2.31. The summed E-state index contributed by atoms with van der Waals surface area (Å²) in [6.45, 7) is 4.15. The van der Waals surface area contributed by atoms with Gasteiger partial charge in [-0.05, 0) is 18.8 Å². The number of hydrogen-bond acceptors (Lipinski definition) is 1. The molecule has 0 aromatic heterocycles. The highest BCUT2D eigenvalue weighted by Gasteiger charge is 2.19. The van der Waals surface area contributed by atoms with E-state index >= 15 is 0 Å². The van der Waals surface area contributed by atoms with Crippen molar-refractivity contribution in [3.8, 4) is 0 Å². The Hall–Kier alpha value is -0.655. The minimum absolute atomic E-state index is 0.296. The molecule has 0 amide bonds. The van der Waals surface area contributed by atoms with Gasteiger partial charge >= 0.3 is 0 Å². The van der Waals surface area contributed by atoms with Crippen LogP contribution in [0.1, 0.15) is 13.8 Å². The highest BCUT2D eigenvalue weighted by atomic mass is 16.3. The third kappa shape index (κ3) is 1.11. The zero-order valence-corrected chi connectivity index (χ0v) is 6.76. The average Bonchev–Trinajstić information content (AvgIpc) is 1.93. The number of aliphatic hydroxyl groups is 1. The van der Waals surface area contributed by atoms with Crippen molar-refractivity contribution in [1.29, 1.82) is 0 Å². The number of hydrogen-bond donors (Lipinski definition) is 1. The molecule has 2 heteroatoms. The molecule has 1 rings (SSSR count). The summed E-state index contributed by atoms with van der Waals surface area (Å²) in [6.07, 6.45) is 3.78. The van der Waals surface area contributed by atoms with Crippen molar-refractivity contribution >= 4 is 7.85 Å². The maximum absolute atomic E-state index is 9.28. The van der Waals surface area contributed by atoms with Crippen molar-refractivity contribution in [3.63, 3.8) is 0 Å². The van der Waals surface area contributed by atoms with E-state index in [-0.39, 0.29) is 0 Å². The number of aliphatic hydroxyl groups excluding tert-OH is 1. The first-order valence-corrected chi connectivity index (χ1v) is 3.70. The second-order valence-electron chi connectivity index (χ2n) is 3.08. The molecule has 0 aromatic rings. The van der Waals surface area contributed by atoms with Gasteiger partial charge in [0.25, 0.3) is 0 Å². The van der Waals surface area contributed by atoms with Crippen LogP contribution in [0.5, 0.6) is 0 Å². The van der Waals surface area contributed by atoms with Crippen molar-refractivity contribution in [2.75, 3.05) is 0 Å². The van der Waals surface area contributed by atoms with Crippen molar-refractivity contribution < 1.29 is 5.11 Å². The largest absolute Gasteiger partial charge is 0.512 e. The maximum Gasteiger partial charge on any atom is 0.111 e. The minimum atomic E-state index is 0.296. The molecule has 1 aliphatic rings. The summed E-state index contributed by atoms with van der Waals surface area (Å²) in [7, 11) is 2.14. The molecule has 0 radical (unpaired) electrons. The van der Waals surface area contributed by atoms with Crippen LogP contribution in [-0.2, 0) is 0 Å². The van der Waals surface area contributed by atoms with Crippen molar-refractivity contribution in [3.05, 3.63) is 23.5 Å². The first-order chi connectivity index (χ1) is 4.63. The SMILES string of the molecule is BC1C(C)=CC=C(O)C1C. The number of rotatable bonds is 0. The highest BCUT2D eigenvalue weighted by molar-refractivity contribution is 6.14. The van der Waals surface area contributed by atoms with Gasteiger partial charge < -0.3 is 5.11 Å². The molecule has 2 atom stereocenters. The molecule has 0 heterocycles. The van der Waals surface area contributed by atoms with Crippen molar-refractivity contribution in [2.45, 2.75) is 19.7 Å². The predicted octanol–water partition coefficient (Wildman–Crippen LogP) is 1.45. The fourth-order valence-electron chi connectivity index (χ4n) is 1.17. The van der Waals surface area contributed by atoms with E-state index in [4.69, 9.17) is 0 Å². The lowest BCUT2D eigenvalue weighted by Crippen LogP contribution is -2.12. The predicted molar refractivity (Wildman–Crippen MR) is 45.9 cm³/mol. The normalized spacial score (nSPS) is 33.0. The third-order valence-electron chi connectivity index (χ3n) is 2.45. The smallest absolute Gasteiger partial charge is 0.111 e. The van der Waals surface area contributed by atoms with E-state index < -0.39 is 0 Å². The molecule has 2 unspecified atom stereocenters. The topological polar surface area (TPSA) is 20.2 Å². The van der Waals surface area contributed by atoms with Crippen LogP contribution in [0.15, 0.2) is 23.5 Å². The van der Waals surface area contributed by atoms with Gasteiger partial charge in [0.2, 0.25) is 0 Å². The van der Waals surface area contributed by atoms with Crippen LogP contribution >= 0.6 is 0 Å². The summed E-state index contributed by atoms with van der Waals surface area (Å²) < 4.78 is 0. The van der Waals surface area contributed by atoms with Gasteiger partial charge in [-0.1, -0.05) is 18.6 Å². The van der Waals surface area contributed by atoms with Crippen molar-refractivity contribution in [2.24, 2.45) is 5.92 Å². The molecule has 0 aromatic carbocycles. The summed E-state index contributed by atoms with van der Waals surface area (Å²) in [5.74, 6) is 1.30.